The maximum Gasteiger partial charge on any atom is 0.228 e. The third-order valence-electron chi connectivity index (χ3n) is 3.75. The van der Waals surface area contributed by atoms with Crippen molar-refractivity contribution < 1.29 is 4.79 Å². The van der Waals surface area contributed by atoms with Crippen molar-refractivity contribution in [3.63, 3.8) is 0 Å². The highest BCUT2D eigenvalue weighted by Crippen LogP contribution is 2.32. The van der Waals surface area contributed by atoms with E-state index in [2.05, 4.69) is 46.0 Å². The van der Waals surface area contributed by atoms with Crippen molar-refractivity contribution in [2.75, 3.05) is 11.6 Å². The van der Waals surface area contributed by atoms with Gasteiger partial charge in [-0.2, -0.15) is 5.10 Å². The number of nitrogens with zero attached hydrogens (tertiary/aromatic N) is 1. The lowest BCUT2D eigenvalue weighted by Crippen LogP contribution is -2.18. The lowest BCUT2D eigenvalue weighted by atomic mass is 10.0. The summed E-state index contributed by atoms with van der Waals surface area (Å²) in [5.41, 5.74) is 3.24. The predicted molar refractivity (Wildman–Crippen MR) is 96.8 cm³/mol. The Morgan fingerprint density at radius 1 is 1.22 bits per heavy atom. The highest BCUT2D eigenvalue weighted by Gasteiger charge is 2.13. The van der Waals surface area contributed by atoms with Gasteiger partial charge in [0, 0.05) is 16.2 Å². The van der Waals surface area contributed by atoms with Gasteiger partial charge in [0.05, 0.1) is 5.52 Å². The molecule has 23 heavy (non-hydrogen) atoms. The Labute approximate surface area is 139 Å². The van der Waals surface area contributed by atoms with Crippen LogP contribution >= 0.6 is 11.8 Å². The van der Waals surface area contributed by atoms with Crippen molar-refractivity contribution in [3.8, 4) is 11.1 Å². The third-order valence-corrected chi connectivity index (χ3v) is 4.54. The molecule has 0 bridgehead atoms. The standard InChI is InChI=1S/C18H19N3OS/c1-11(2)18(22)19-17-14-9-8-12(10-15(14)20-21-17)13-6-4-5-7-16(13)23-3/h4-11H,1-3H3,(H2,19,20,21,22). The van der Waals surface area contributed by atoms with E-state index in [9.17, 15) is 4.79 Å². The summed E-state index contributed by atoms with van der Waals surface area (Å²) in [6.07, 6.45) is 2.08. The molecular weight excluding hydrogens is 306 g/mol. The van der Waals surface area contributed by atoms with E-state index in [1.807, 2.05) is 32.0 Å². The van der Waals surface area contributed by atoms with Gasteiger partial charge >= 0.3 is 0 Å². The van der Waals surface area contributed by atoms with Crippen LogP contribution in [-0.4, -0.2) is 22.4 Å². The highest BCUT2D eigenvalue weighted by molar-refractivity contribution is 7.98. The molecule has 2 N–H and O–H groups in total. The number of nitrogens with one attached hydrogen (secondary N) is 2. The molecule has 0 aliphatic carbocycles. The Balaban J connectivity index is 1.99. The Bertz CT molecular complexity index is 854. The summed E-state index contributed by atoms with van der Waals surface area (Å²) >= 11 is 1.73. The molecule has 1 heterocycles. The Hall–Kier alpha value is -2.27. The highest BCUT2D eigenvalue weighted by atomic mass is 32.2. The number of H-pyrrole nitrogens is 1. The Morgan fingerprint density at radius 2 is 2.00 bits per heavy atom. The molecule has 1 amide bonds. The third kappa shape index (κ3) is 3.10. The number of aromatic nitrogens is 2. The number of aromatic amines is 1. The fourth-order valence-electron chi connectivity index (χ4n) is 2.43. The van der Waals surface area contributed by atoms with Crippen LogP contribution in [0, 0.1) is 5.92 Å². The van der Waals surface area contributed by atoms with Crippen molar-refractivity contribution in [2.24, 2.45) is 5.92 Å². The lowest BCUT2D eigenvalue weighted by Gasteiger charge is -2.08. The van der Waals surface area contributed by atoms with Gasteiger partial charge in [-0.15, -0.1) is 11.8 Å². The van der Waals surface area contributed by atoms with Crippen molar-refractivity contribution in [1.29, 1.82) is 0 Å². The summed E-state index contributed by atoms with van der Waals surface area (Å²) in [6, 6.07) is 14.5. The zero-order valence-corrected chi connectivity index (χ0v) is 14.2. The number of hydrogen-bond acceptors (Lipinski definition) is 3. The normalized spacial score (nSPS) is 11.1. The fourth-order valence-corrected chi connectivity index (χ4v) is 3.05. The maximum absolute atomic E-state index is 11.9. The van der Waals surface area contributed by atoms with E-state index in [0.717, 1.165) is 16.5 Å². The van der Waals surface area contributed by atoms with E-state index in [0.29, 0.717) is 5.82 Å². The molecule has 0 fully saturated rings. The minimum absolute atomic E-state index is 0.0322. The van der Waals surface area contributed by atoms with Gasteiger partial charge in [0.25, 0.3) is 0 Å². The van der Waals surface area contributed by atoms with Crippen LogP contribution in [0.1, 0.15) is 13.8 Å². The van der Waals surface area contributed by atoms with E-state index in [-0.39, 0.29) is 11.8 Å². The first-order chi connectivity index (χ1) is 11.1. The summed E-state index contributed by atoms with van der Waals surface area (Å²) < 4.78 is 0. The van der Waals surface area contributed by atoms with Gasteiger partial charge in [-0.1, -0.05) is 38.1 Å². The van der Waals surface area contributed by atoms with Gasteiger partial charge < -0.3 is 5.32 Å². The van der Waals surface area contributed by atoms with Gasteiger partial charge in [0.1, 0.15) is 0 Å². The molecule has 0 saturated carbocycles. The van der Waals surface area contributed by atoms with E-state index in [1.165, 1.54) is 10.5 Å². The number of amides is 1. The first kappa shape index (κ1) is 15.6. The largest absolute Gasteiger partial charge is 0.308 e. The average molecular weight is 325 g/mol. The van der Waals surface area contributed by atoms with E-state index in [1.54, 1.807) is 11.8 Å². The predicted octanol–water partition coefficient (Wildman–Crippen LogP) is 4.55. The number of thioether (sulfide) groups is 1. The molecule has 0 saturated heterocycles. The molecule has 5 heteroatoms. The maximum atomic E-state index is 11.9. The van der Waals surface area contributed by atoms with Crippen LogP contribution in [0.15, 0.2) is 47.4 Å². The van der Waals surface area contributed by atoms with Gasteiger partial charge in [-0.25, -0.2) is 0 Å². The molecule has 3 rings (SSSR count). The van der Waals surface area contributed by atoms with Gasteiger partial charge in [0.15, 0.2) is 5.82 Å². The summed E-state index contributed by atoms with van der Waals surface area (Å²) in [4.78, 5) is 13.1. The second-order valence-electron chi connectivity index (χ2n) is 5.68. The quantitative estimate of drug-likeness (QED) is 0.692. The van der Waals surface area contributed by atoms with Crippen LogP contribution < -0.4 is 5.32 Å². The first-order valence-corrected chi connectivity index (χ1v) is 8.75. The molecule has 0 radical (unpaired) electrons. The van der Waals surface area contributed by atoms with Gasteiger partial charge in [-0.05, 0) is 35.6 Å². The lowest BCUT2D eigenvalue weighted by molar-refractivity contribution is -0.118. The van der Waals surface area contributed by atoms with E-state index < -0.39 is 0 Å². The average Bonchev–Trinajstić information content (AvgIpc) is 2.96. The molecule has 4 nitrogen and oxygen atoms in total. The summed E-state index contributed by atoms with van der Waals surface area (Å²) in [6.45, 7) is 3.73. The molecule has 2 aromatic carbocycles. The topological polar surface area (TPSA) is 57.8 Å². The molecule has 118 valence electrons. The molecule has 0 aliphatic rings. The SMILES string of the molecule is CSc1ccccc1-c1ccc2c(NC(=O)C(C)C)n[nH]c2c1. The van der Waals surface area contributed by atoms with Crippen molar-refractivity contribution in [2.45, 2.75) is 18.7 Å². The van der Waals surface area contributed by atoms with Crippen molar-refractivity contribution in [3.05, 3.63) is 42.5 Å². The van der Waals surface area contributed by atoms with Crippen LogP contribution in [0.25, 0.3) is 22.0 Å². The molecule has 0 aliphatic heterocycles. The number of anilines is 1. The van der Waals surface area contributed by atoms with Gasteiger partial charge in [0.2, 0.25) is 5.91 Å². The zero-order valence-electron chi connectivity index (χ0n) is 13.4. The number of rotatable bonds is 4. The number of benzene rings is 2. The minimum Gasteiger partial charge on any atom is -0.308 e. The summed E-state index contributed by atoms with van der Waals surface area (Å²) in [7, 11) is 0. The van der Waals surface area contributed by atoms with Crippen LogP contribution in [0.2, 0.25) is 0 Å². The van der Waals surface area contributed by atoms with Gasteiger partial charge in [-0.3, -0.25) is 9.89 Å². The molecule has 1 aromatic heterocycles. The van der Waals surface area contributed by atoms with Crippen LogP contribution in [0.3, 0.4) is 0 Å². The number of hydrogen-bond donors (Lipinski definition) is 2. The van der Waals surface area contributed by atoms with Crippen LogP contribution in [0.4, 0.5) is 5.82 Å². The molecule has 0 atom stereocenters. The number of carbonyl (C=O) groups is 1. The summed E-state index contributed by atoms with van der Waals surface area (Å²) in [5, 5.41) is 11.0. The van der Waals surface area contributed by atoms with E-state index in [4.69, 9.17) is 0 Å². The first-order valence-electron chi connectivity index (χ1n) is 7.52. The van der Waals surface area contributed by atoms with Crippen LogP contribution in [0.5, 0.6) is 0 Å². The monoisotopic (exact) mass is 325 g/mol. The molecular formula is C18H19N3OS. The van der Waals surface area contributed by atoms with Crippen LogP contribution in [-0.2, 0) is 4.79 Å². The molecule has 3 aromatic rings. The number of carbonyl (C=O) groups excluding carboxylic acids is 1. The molecule has 0 spiro atoms. The second-order valence-corrected chi connectivity index (χ2v) is 6.52. The Morgan fingerprint density at radius 3 is 2.74 bits per heavy atom. The zero-order chi connectivity index (χ0) is 16.4. The fraction of sp³-hybridized carbons (Fsp3) is 0.222. The van der Waals surface area contributed by atoms with Crippen molar-refractivity contribution >= 4 is 34.4 Å². The van der Waals surface area contributed by atoms with Crippen molar-refractivity contribution in [1.82, 2.24) is 10.2 Å². The number of fused-ring (bicyclic) bond motifs is 1. The second kappa shape index (κ2) is 6.46. The molecule has 0 unspecified atom stereocenters. The minimum atomic E-state index is -0.0746. The Kier molecular flexibility index (Phi) is 4.39. The smallest absolute Gasteiger partial charge is 0.228 e. The summed E-state index contributed by atoms with van der Waals surface area (Å²) in [5.74, 6) is 0.480. The van der Waals surface area contributed by atoms with E-state index >= 15 is 0 Å².